The summed E-state index contributed by atoms with van der Waals surface area (Å²) in [5, 5.41) is 5.87. The Hall–Kier alpha value is -2.56. The SMILES string of the molecule is CCn1c(SCC(=O)N(C)Cc2cccc(OC)c2)nc2cc(S(N)(=O)=O)ccc21. The number of aryl methyl sites for hydroxylation is 1. The van der Waals surface area contributed by atoms with Gasteiger partial charge in [-0.3, -0.25) is 4.79 Å². The lowest BCUT2D eigenvalue weighted by Crippen LogP contribution is -2.27. The number of hydrogen-bond donors (Lipinski definition) is 1. The summed E-state index contributed by atoms with van der Waals surface area (Å²) in [6.45, 7) is 3.08. The number of aromatic nitrogens is 2. The van der Waals surface area contributed by atoms with E-state index in [1.807, 2.05) is 35.8 Å². The van der Waals surface area contributed by atoms with Crippen molar-refractivity contribution >= 4 is 38.7 Å². The Balaban J connectivity index is 1.73. The van der Waals surface area contributed by atoms with E-state index in [-0.39, 0.29) is 16.6 Å². The van der Waals surface area contributed by atoms with E-state index < -0.39 is 10.0 Å². The number of fused-ring (bicyclic) bond motifs is 1. The Kier molecular flexibility index (Phi) is 6.69. The second kappa shape index (κ2) is 9.07. The molecule has 0 bridgehead atoms. The van der Waals surface area contributed by atoms with Gasteiger partial charge in [0.05, 0.1) is 28.8 Å². The molecule has 2 aromatic carbocycles. The number of amides is 1. The van der Waals surface area contributed by atoms with Crippen LogP contribution in [-0.4, -0.2) is 48.7 Å². The summed E-state index contributed by atoms with van der Waals surface area (Å²) < 4.78 is 30.4. The molecule has 0 unspecified atom stereocenters. The fraction of sp³-hybridized carbons (Fsp3) is 0.300. The van der Waals surface area contributed by atoms with Crippen molar-refractivity contribution in [1.29, 1.82) is 0 Å². The van der Waals surface area contributed by atoms with Crippen LogP contribution in [0, 0.1) is 0 Å². The molecule has 10 heteroatoms. The van der Waals surface area contributed by atoms with Crippen molar-refractivity contribution in [2.75, 3.05) is 19.9 Å². The minimum atomic E-state index is -3.80. The predicted octanol–water partition coefficient (Wildman–Crippen LogP) is 2.46. The highest BCUT2D eigenvalue weighted by molar-refractivity contribution is 7.99. The van der Waals surface area contributed by atoms with Crippen molar-refractivity contribution < 1.29 is 17.9 Å². The number of ether oxygens (including phenoxy) is 1. The lowest BCUT2D eigenvalue weighted by Gasteiger charge is -2.17. The van der Waals surface area contributed by atoms with Crippen molar-refractivity contribution in [3.05, 3.63) is 48.0 Å². The molecule has 0 fully saturated rings. The van der Waals surface area contributed by atoms with Crippen LogP contribution in [0.25, 0.3) is 11.0 Å². The highest BCUT2D eigenvalue weighted by Crippen LogP contribution is 2.26. The van der Waals surface area contributed by atoms with Gasteiger partial charge in [0.25, 0.3) is 0 Å². The van der Waals surface area contributed by atoms with E-state index in [1.54, 1.807) is 25.1 Å². The number of carbonyl (C=O) groups is 1. The molecule has 0 aliphatic carbocycles. The average molecular weight is 449 g/mol. The number of nitrogens with two attached hydrogens (primary N) is 1. The largest absolute Gasteiger partial charge is 0.497 e. The first kappa shape index (κ1) is 22.1. The zero-order valence-corrected chi connectivity index (χ0v) is 18.7. The summed E-state index contributed by atoms with van der Waals surface area (Å²) >= 11 is 1.32. The van der Waals surface area contributed by atoms with E-state index in [9.17, 15) is 13.2 Å². The molecule has 1 amide bonds. The van der Waals surface area contributed by atoms with Crippen LogP contribution in [0.1, 0.15) is 12.5 Å². The van der Waals surface area contributed by atoms with E-state index in [2.05, 4.69) is 4.98 Å². The van der Waals surface area contributed by atoms with Gasteiger partial charge >= 0.3 is 0 Å². The first-order valence-electron chi connectivity index (χ1n) is 9.25. The lowest BCUT2D eigenvalue weighted by molar-refractivity contribution is -0.127. The molecule has 1 aromatic heterocycles. The Labute approximate surface area is 180 Å². The molecule has 8 nitrogen and oxygen atoms in total. The molecule has 3 aromatic rings. The van der Waals surface area contributed by atoms with Crippen LogP contribution in [0.4, 0.5) is 0 Å². The highest BCUT2D eigenvalue weighted by atomic mass is 32.2. The minimum absolute atomic E-state index is 0.0152. The van der Waals surface area contributed by atoms with Crippen LogP contribution >= 0.6 is 11.8 Å². The minimum Gasteiger partial charge on any atom is -0.497 e. The maximum Gasteiger partial charge on any atom is 0.238 e. The van der Waals surface area contributed by atoms with Crippen LogP contribution in [0.15, 0.2) is 52.5 Å². The molecule has 0 saturated carbocycles. The second-order valence-corrected chi connectivity index (χ2v) is 9.23. The third-order valence-electron chi connectivity index (χ3n) is 4.63. The van der Waals surface area contributed by atoms with Crippen LogP contribution in [0.3, 0.4) is 0 Å². The summed E-state index contributed by atoms with van der Waals surface area (Å²) in [5.41, 5.74) is 2.30. The van der Waals surface area contributed by atoms with E-state index >= 15 is 0 Å². The Bertz CT molecular complexity index is 1170. The lowest BCUT2D eigenvalue weighted by atomic mass is 10.2. The van der Waals surface area contributed by atoms with Gasteiger partial charge in [-0.1, -0.05) is 23.9 Å². The monoisotopic (exact) mass is 448 g/mol. The van der Waals surface area contributed by atoms with Gasteiger partial charge in [-0.15, -0.1) is 0 Å². The van der Waals surface area contributed by atoms with Crippen LogP contribution in [0.5, 0.6) is 5.75 Å². The van der Waals surface area contributed by atoms with Crippen LogP contribution in [-0.2, 0) is 27.9 Å². The van der Waals surface area contributed by atoms with Gasteiger partial charge in [-0.25, -0.2) is 18.5 Å². The topological polar surface area (TPSA) is 108 Å². The molecule has 0 saturated heterocycles. The van der Waals surface area contributed by atoms with Crippen molar-refractivity contribution in [3.8, 4) is 5.75 Å². The molecule has 0 spiro atoms. The number of benzene rings is 2. The van der Waals surface area contributed by atoms with Gasteiger partial charge in [0, 0.05) is 20.1 Å². The van der Waals surface area contributed by atoms with E-state index in [0.717, 1.165) is 16.8 Å². The van der Waals surface area contributed by atoms with Crippen molar-refractivity contribution in [1.82, 2.24) is 14.5 Å². The highest BCUT2D eigenvalue weighted by Gasteiger charge is 2.17. The number of carbonyl (C=O) groups excluding carboxylic acids is 1. The van der Waals surface area contributed by atoms with Crippen LogP contribution < -0.4 is 9.88 Å². The molecule has 30 heavy (non-hydrogen) atoms. The number of imidazole rings is 1. The second-order valence-electron chi connectivity index (χ2n) is 6.72. The number of primary sulfonamides is 1. The maximum absolute atomic E-state index is 12.6. The zero-order valence-electron chi connectivity index (χ0n) is 17.0. The molecule has 0 aliphatic rings. The number of rotatable bonds is 8. The molecular weight excluding hydrogens is 424 g/mol. The van der Waals surface area contributed by atoms with Gasteiger partial charge < -0.3 is 14.2 Å². The number of methoxy groups -OCH3 is 1. The summed E-state index contributed by atoms with van der Waals surface area (Å²) in [4.78, 5) is 18.8. The Morgan fingerprint density at radius 1 is 1.27 bits per heavy atom. The number of hydrogen-bond acceptors (Lipinski definition) is 6. The molecule has 0 atom stereocenters. The van der Waals surface area contributed by atoms with Crippen molar-refractivity contribution in [3.63, 3.8) is 0 Å². The van der Waals surface area contributed by atoms with E-state index in [0.29, 0.717) is 23.8 Å². The summed E-state index contributed by atoms with van der Waals surface area (Å²) in [6.07, 6.45) is 0. The normalized spacial score (nSPS) is 11.6. The average Bonchev–Trinajstić information content (AvgIpc) is 3.08. The quantitative estimate of drug-likeness (QED) is 0.531. The number of thioether (sulfide) groups is 1. The molecular formula is C20H24N4O4S2. The first-order chi connectivity index (χ1) is 14.2. The third-order valence-corrected chi connectivity index (χ3v) is 6.51. The zero-order chi connectivity index (χ0) is 21.9. The molecule has 1 heterocycles. The molecule has 0 aliphatic heterocycles. The number of sulfonamides is 1. The van der Waals surface area contributed by atoms with Crippen molar-refractivity contribution in [2.45, 2.75) is 30.1 Å². The fourth-order valence-corrected chi connectivity index (χ4v) is 4.60. The summed E-state index contributed by atoms with van der Waals surface area (Å²) in [7, 11) is -0.441. The molecule has 3 rings (SSSR count). The Morgan fingerprint density at radius 3 is 2.70 bits per heavy atom. The van der Waals surface area contributed by atoms with Crippen LogP contribution in [0.2, 0.25) is 0 Å². The molecule has 160 valence electrons. The smallest absolute Gasteiger partial charge is 0.238 e. The van der Waals surface area contributed by atoms with Crippen molar-refractivity contribution in [2.24, 2.45) is 5.14 Å². The maximum atomic E-state index is 12.6. The van der Waals surface area contributed by atoms with E-state index in [1.165, 1.54) is 23.9 Å². The summed E-state index contributed by atoms with van der Waals surface area (Å²) in [6, 6.07) is 12.2. The molecule has 2 N–H and O–H groups in total. The van der Waals surface area contributed by atoms with E-state index in [4.69, 9.17) is 9.88 Å². The first-order valence-corrected chi connectivity index (χ1v) is 11.8. The Morgan fingerprint density at radius 2 is 2.03 bits per heavy atom. The third kappa shape index (κ3) is 4.94. The van der Waals surface area contributed by atoms with Gasteiger partial charge in [-0.05, 0) is 42.8 Å². The number of nitrogens with zero attached hydrogens (tertiary/aromatic N) is 3. The van der Waals surface area contributed by atoms with Gasteiger partial charge in [0.1, 0.15) is 5.75 Å². The van der Waals surface area contributed by atoms with Gasteiger partial charge in [0.15, 0.2) is 5.16 Å². The fourth-order valence-electron chi connectivity index (χ4n) is 3.05. The van der Waals surface area contributed by atoms with Gasteiger partial charge in [0.2, 0.25) is 15.9 Å². The summed E-state index contributed by atoms with van der Waals surface area (Å²) in [5.74, 6) is 0.923. The van der Waals surface area contributed by atoms with Gasteiger partial charge in [-0.2, -0.15) is 0 Å². The standard InChI is InChI=1S/C20H24N4O4S2/c1-4-24-18-9-8-16(30(21,26)27)11-17(18)22-20(24)29-13-19(25)23(2)12-14-6-5-7-15(10-14)28-3/h5-11H,4,12-13H2,1-3H3,(H2,21,26,27). The predicted molar refractivity (Wildman–Crippen MR) is 117 cm³/mol. The molecule has 0 radical (unpaired) electrons.